The van der Waals surface area contributed by atoms with Crippen LogP contribution in [0.5, 0.6) is 5.75 Å². The number of aliphatic hydroxyl groups excluding tert-OH is 1. The summed E-state index contributed by atoms with van der Waals surface area (Å²) >= 11 is 0. The molecular weight excluding hydrogens is 232 g/mol. The third-order valence-corrected chi connectivity index (χ3v) is 2.01. The molecule has 18 heavy (non-hydrogen) atoms. The number of esters is 1. The standard InChI is InChI=1S/C14H20O4/c1-14(2,3)18-13(16)9-11(15)10-17-12-7-5-4-6-8-12/h4-8,11,15H,9-10H2,1-3H3/t11-/m0/s1. The Labute approximate surface area is 108 Å². The Morgan fingerprint density at radius 1 is 1.28 bits per heavy atom. The number of rotatable bonds is 5. The number of benzene rings is 1. The van der Waals surface area contributed by atoms with Gasteiger partial charge in [0.2, 0.25) is 0 Å². The second kappa shape index (κ2) is 6.40. The van der Waals surface area contributed by atoms with Crippen molar-refractivity contribution < 1.29 is 19.4 Å². The Kier molecular flexibility index (Phi) is 5.16. The van der Waals surface area contributed by atoms with Crippen LogP contribution in [0.1, 0.15) is 27.2 Å². The molecule has 1 aromatic rings. The van der Waals surface area contributed by atoms with E-state index in [4.69, 9.17) is 9.47 Å². The molecule has 100 valence electrons. The molecule has 0 aromatic heterocycles. The molecule has 0 saturated heterocycles. The van der Waals surface area contributed by atoms with Crippen LogP contribution in [0.4, 0.5) is 0 Å². The lowest BCUT2D eigenvalue weighted by Gasteiger charge is -2.20. The van der Waals surface area contributed by atoms with Crippen molar-refractivity contribution in [3.05, 3.63) is 30.3 Å². The van der Waals surface area contributed by atoms with Gasteiger partial charge in [-0.05, 0) is 32.9 Å². The second-order valence-corrected chi connectivity index (χ2v) is 5.07. The van der Waals surface area contributed by atoms with Crippen LogP contribution in [0, 0.1) is 0 Å². The molecule has 1 atom stereocenters. The molecule has 1 N–H and O–H groups in total. The van der Waals surface area contributed by atoms with Crippen LogP contribution in [-0.2, 0) is 9.53 Å². The molecule has 0 spiro atoms. The maximum absolute atomic E-state index is 11.4. The molecule has 0 saturated carbocycles. The molecule has 4 heteroatoms. The van der Waals surface area contributed by atoms with E-state index in [0.717, 1.165) is 0 Å². The third kappa shape index (κ3) is 6.25. The normalized spacial score (nSPS) is 12.9. The molecular formula is C14H20O4. The summed E-state index contributed by atoms with van der Waals surface area (Å²) in [5, 5.41) is 9.65. The molecule has 0 radical (unpaired) electrons. The van der Waals surface area contributed by atoms with Gasteiger partial charge in [-0.2, -0.15) is 0 Å². The van der Waals surface area contributed by atoms with E-state index in [9.17, 15) is 9.90 Å². The van der Waals surface area contributed by atoms with E-state index in [2.05, 4.69) is 0 Å². The number of para-hydroxylation sites is 1. The van der Waals surface area contributed by atoms with Gasteiger partial charge in [-0.25, -0.2) is 0 Å². The fourth-order valence-electron chi connectivity index (χ4n) is 1.34. The van der Waals surface area contributed by atoms with Crippen LogP contribution in [0.3, 0.4) is 0 Å². The molecule has 4 nitrogen and oxygen atoms in total. The zero-order valence-corrected chi connectivity index (χ0v) is 11.1. The zero-order valence-electron chi connectivity index (χ0n) is 11.1. The van der Waals surface area contributed by atoms with Gasteiger partial charge in [0.1, 0.15) is 18.0 Å². The van der Waals surface area contributed by atoms with Crippen molar-refractivity contribution in [1.82, 2.24) is 0 Å². The van der Waals surface area contributed by atoms with E-state index in [0.29, 0.717) is 5.75 Å². The highest BCUT2D eigenvalue weighted by atomic mass is 16.6. The molecule has 1 aromatic carbocycles. The van der Waals surface area contributed by atoms with Crippen molar-refractivity contribution in [2.75, 3.05) is 6.61 Å². The molecule has 0 bridgehead atoms. The molecule has 0 aliphatic rings. The Hall–Kier alpha value is -1.55. The molecule has 0 heterocycles. The highest BCUT2D eigenvalue weighted by Crippen LogP contribution is 2.11. The number of carbonyl (C=O) groups is 1. The highest BCUT2D eigenvalue weighted by Gasteiger charge is 2.19. The van der Waals surface area contributed by atoms with Crippen LogP contribution in [-0.4, -0.2) is 29.4 Å². The number of aliphatic hydroxyl groups is 1. The summed E-state index contributed by atoms with van der Waals surface area (Å²) in [6.45, 7) is 5.44. The number of carbonyl (C=O) groups excluding carboxylic acids is 1. The highest BCUT2D eigenvalue weighted by molar-refractivity contribution is 5.70. The molecule has 0 amide bonds. The second-order valence-electron chi connectivity index (χ2n) is 5.07. The first-order chi connectivity index (χ1) is 8.37. The smallest absolute Gasteiger partial charge is 0.309 e. The van der Waals surface area contributed by atoms with Gasteiger partial charge in [0.15, 0.2) is 0 Å². The van der Waals surface area contributed by atoms with Crippen molar-refractivity contribution >= 4 is 5.97 Å². The first-order valence-electron chi connectivity index (χ1n) is 5.94. The number of hydrogen-bond donors (Lipinski definition) is 1. The number of hydrogen-bond acceptors (Lipinski definition) is 4. The summed E-state index contributed by atoms with van der Waals surface area (Å²) in [5.41, 5.74) is -0.531. The summed E-state index contributed by atoms with van der Waals surface area (Å²) in [6.07, 6.45) is -0.926. The molecule has 0 aliphatic heterocycles. The van der Waals surface area contributed by atoms with Gasteiger partial charge in [0.05, 0.1) is 12.5 Å². The summed E-state index contributed by atoms with van der Waals surface area (Å²) in [7, 11) is 0. The minimum atomic E-state index is -0.861. The maximum atomic E-state index is 11.4. The molecule has 0 aliphatic carbocycles. The fourth-order valence-corrected chi connectivity index (χ4v) is 1.34. The average molecular weight is 252 g/mol. The maximum Gasteiger partial charge on any atom is 0.309 e. The summed E-state index contributed by atoms with van der Waals surface area (Å²) < 4.78 is 10.4. The summed E-state index contributed by atoms with van der Waals surface area (Å²) in [6, 6.07) is 9.15. The van der Waals surface area contributed by atoms with Crippen LogP contribution in [0.15, 0.2) is 30.3 Å². The van der Waals surface area contributed by atoms with Gasteiger partial charge in [0.25, 0.3) is 0 Å². The fraction of sp³-hybridized carbons (Fsp3) is 0.500. The van der Waals surface area contributed by atoms with Crippen LogP contribution in [0.2, 0.25) is 0 Å². The summed E-state index contributed by atoms with van der Waals surface area (Å²) in [4.78, 5) is 11.4. The van der Waals surface area contributed by atoms with Gasteiger partial charge >= 0.3 is 5.97 Å². The molecule has 1 rings (SSSR count). The van der Waals surface area contributed by atoms with Crippen molar-refractivity contribution in [1.29, 1.82) is 0 Å². The van der Waals surface area contributed by atoms with Crippen LogP contribution >= 0.6 is 0 Å². The number of ether oxygens (including phenoxy) is 2. The van der Waals surface area contributed by atoms with E-state index in [1.807, 2.05) is 18.2 Å². The van der Waals surface area contributed by atoms with Gasteiger partial charge in [-0.3, -0.25) is 4.79 Å². The van der Waals surface area contributed by atoms with Crippen molar-refractivity contribution in [3.8, 4) is 5.75 Å². The predicted octanol–water partition coefficient (Wildman–Crippen LogP) is 2.16. The van der Waals surface area contributed by atoms with Crippen molar-refractivity contribution in [3.63, 3.8) is 0 Å². The van der Waals surface area contributed by atoms with Crippen LogP contribution < -0.4 is 4.74 Å². The zero-order chi connectivity index (χ0) is 13.6. The largest absolute Gasteiger partial charge is 0.491 e. The Bertz CT molecular complexity index is 367. The van der Waals surface area contributed by atoms with Gasteiger partial charge in [-0.1, -0.05) is 18.2 Å². The summed E-state index contributed by atoms with van der Waals surface area (Å²) in [5.74, 6) is 0.243. The van der Waals surface area contributed by atoms with Crippen LogP contribution in [0.25, 0.3) is 0 Å². The van der Waals surface area contributed by atoms with Gasteiger partial charge in [-0.15, -0.1) is 0 Å². The molecule has 0 unspecified atom stereocenters. The lowest BCUT2D eigenvalue weighted by Crippen LogP contribution is -2.28. The Balaban J connectivity index is 2.29. The third-order valence-electron chi connectivity index (χ3n) is 2.01. The van der Waals surface area contributed by atoms with E-state index >= 15 is 0 Å². The topological polar surface area (TPSA) is 55.8 Å². The quantitative estimate of drug-likeness (QED) is 0.816. The van der Waals surface area contributed by atoms with Gasteiger partial charge in [0, 0.05) is 0 Å². The van der Waals surface area contributed by atoms with Crippen molar-refractivity contribution in [2.24, 2.45) is 0 Å². The average Bonchev–Trinajstić information content (AvgIpc) is 2.25. The minimum Gasteiger partial charge on any atom is -0.491 e. The lowest BCUT2D eigenvalue weighted by molar-refractivity contribution is -0.157. The Morgan fingerprint density at radius 3 is 2.44 bits per heavy atom. The monoisotopic (exact) mass is 252 g/mol. The van der Waals surface area contributed by atoms with E-state index in [1.54, 1.807) is 32.9 Å². The van der Waals surface area contributed by atoms with Crippen molar-refractivity contribution in [2.45, 2.75) is 38.9 Å². The minimum absolute atomic E-state index is 0.0654. The van der Waals surface area contributed by atoms with E-state index in [1.165, 1.54) is 0 Å². The first kappa shape index (κ1) is 14.5. The van der Waals surface area contributed by atoms with E-state index < -0.39 is 17.7 Å². The van der Waals surface area contributed by atoms with E-state index in [-0.39, 0.29) is 13.0 Å². The molecule has 0 fully saturated rings. The lowest BCUT2D eigenvalue weighted by atomic mass is 10.2. The SMILES string of the molecule is CC(C)(C)OC(=O)C[C@H](O)COc1ccccc1. The van der Waals surface area contributed by atoms with Gasteiger partial charge < -0.3 is 14.6 Å². The first-order valence-corrected chi connectivity index (χ1v) is 5.94. The Morgan fingerprint density at radius 2 is 1.89 bits per heavy atom. The predicted molar refractivity (Wildman–Crippen MR) is 68.4 cm³/mol.